The van der Waals surface area contributed by atoms with Crippen molar-refractivity contribution in [2.24, 2.45) is 5.10 Å². The van der Waals surface area contributed by atoms with E-state index >= 15 is 0 Å². The van der Waals surface area contributed by atoms with Crippen LogP contribution in [-0.4, -0.2) is 27.8 Å². The van der Waals surface area contributed by atoms with Crippen molar-refractivity contribution in [3.05, 3.63) is 67.7 Å². The number of carbonyl (C=O) groups is 3. The van der Waals surface area contributed by atoms with E-state index in [2.05, 4.69) is 26.3 Å². The van der Waals surface area contributed by atoms with Crippen molar-refractivity contribution < 1.29 is 14.4 Å². The summed E-state index contributed by atoms with van der Waals surface area (Å²) in [5.74, 6) is -0.979. The van der Waals surface area contributed by atoms with Gasteiger partial charge in [-0.2, -0.15) is 5.10 Å². The van der Waals surface area contributed by atoms with Crippen LogP contribution < -0.4 is 5.32 Å². The van der Waals surface area contributed by atoms with Gasteiger partial charge in [-0.15, -0.1) is 11.3 Å². The molecule has 1 fully saturated rings. The second kappa shape index (κ2) is 7.41. The van der Waals surface area contributed by atoms with E-state index in [1.165, 1.54) is 11.1 Å². The van der Waals surface area contributed by atoms with Crippen LogP contribution in [-0.2, 0) is 9.59 Å². The van der Waals surface area contributed by atoms with Gasteiger partial charge in [0.05, 0.1) is 16.7 Å². The SMILES string of the molecule is O=C1NC(=O)/C(=C/C(=O)N2N=C(c3cccc(Br)c3)CC2c2cccs2)S1. The molecule has 0 saturated carbocycles. The average molecular weight is 462 g/mol. The quantitative estimate of drug-likeness (QED) is 0.698. The lowest BCUT2D eigenvalue weighted by Gasteiger charge is -2.19. The molecule has 1 N–H and O–H groups in total. The Labute approximate surface area is 171 Å². The summed E-state index contributed by atoms with van der Waals surface area (Å²) in [6.45, 7) is 0. The van der Waals surface area contributed by atoms with Crippen molar-refractivity contribution in [2.45, 2.75) is 12.5 Å². The Bertz CT molecular complexity index is 1000. The van der Waals surface area contributed by atoms with Gasteiger partial charge < -0.3 is 0 Å². The second-order valence-corrected chi connectivity index (χ2v) is 8.74. The number of amides is 3. The third kappa shape index (κ3) is 3.76. The smallest absolute Gasteiger partial charge is 0.282 e. The summed E-state index contributed by atoms with van der Waals surface area (Å²) >= 11 is 5.73. The van der Waals surface area contributed by atoms with Crippen molar-refractivity contribution in [3.63, 3.8) is 0 Å². The Morgan fingerprint density at radius 2 is 2.15 bits per heavy atom. The molecule has 1 atom stereocenters. The van der Waals surface area contributed by atoms with Crippen LogP contribution in [0.25, 0.3) is 0 Å². The van der Waals surface area contributed by atoms with E-state index in [9.17, 15) is 14.4 Å². The number of carbonyl (C=O) groups excluding carboxylic acids is 3. The van der Waals surface area contributed by atoms with Gasteiger partial charge >= 0.3 is 0 Å². The molecule has 2 aliphatic heterocycles. The molecule has 9 heteroatoms. The average Bonchev–Trinajstić information content (AvgIpc) is 3.35. The first kappa shape index (κ1) is 18.1. The summed E-state index contributed by atoms with van der Waals surface area (Å²) in [5.41, 5.74) is 1.72. The van der Waals surface area contributed by atoms with Crippen molar-refractivity contribution in [2.75, 3.05) is 0 Å². The molecule has 1 aromatic heterocycles. The van der Waals surface area contributed by atoms with Crippen molar-refractivity contribution in [3.8, 4) is 0 Å². The number of benzene rings is 1. The van der Waals surface area contributed by atoms with Crippen LogP contribution >= 0.6 is 39.0 Å². The maximum atomic E-state index is 12.8. The number of hydrogen-bond donors (Lipinski definition) is 1. The van der Waals surface area contributed by atoms with Gasteiger partial charge in [-0.25, -0.2) is 5.01 Å². The molecule has 0 radical (unpaired) electrons. The molecule has 6 nitrogen and oxygen atoms in total. The van der Waals surface area contributed by atoms with E-state index in [-0.39, 0.29) is 10.9 Å². The van der Waals surface area contributed by atoms with Crippen molar-refractivity contribution in [1.29, 1.82) is 0 Å². The molecule has 2 aliphatic rings. The van der Waals surface area contributed by atoms with E-state index in [0.29, 0.717) is 6.42 Å². The first-order valence-corrected chi connectivity index (χ1v) is 10.4. The molecule has 27 heavy (non-hydrogen) atoms. The number of halogens is 1. The molecular weight excluding hydrogens is 450 g/mol. The first-order valence-electron chi connectivity index (χ1n) is 7.96. The Kier molecular flexibility index (Phi) is 4.98. The predicted molar refractivity (Wildman–Crippen MR) is 108 cm³/mol. The van der Waals surface area contributed by atoms with Crippen LogP contribution in [0, 0.1) is 0 Å². The normalized spacial score (nSPS) is 20.9. The fourth-order valence-electron chi connectivity index (χ4n) is 2.86. The maximum absolute atomic E-state index is 12.8. The Balaban J connectivity index is 1.68. The Hall–Kier alpha value is -2.23. The lowest BCUT2D eigenvalue weighted by Crippen LogP contribution is -2.25. The zero-order valence-corrected chi connectivity index (χ0v) is 16.9. The fourth-order valence-corrected chi connectivity index (χ4v) is 4.72. The van der Waals surface area contributed by atoms with Crippen LogP contribution in [0.15, 0.2) is 62.3 Å². The van der Waals surface area contributed by atoms with Gasteiger partial charge in [-0.1, -0.05) is 34.1 Å². The number of nitrogens with one attached hydrogen (secondary N) is 1. The molecule has 2 aromatic rings. The monoisotopic (exact) mass is 461 g/mol. The number of hydrogen-bond acceptors (Lipinski definition) is 6. The number of imide groups is 1. The van der Waals surface area contributed by atoms with E-state index in [0.717, 1.165) is 32.4 Å². The third-order valence-electron chi connectivity index (χ3n) is 4.06. The molecular formula is C18H12BrN3O3S2. The fraction of sp³-hybridized carbons (Fsp3) is 0.111. The highest BCUT2D eigenvalue weighted by molar-refractivity contribution is 9.10. The number of thioether (sulfide) groups is 1. The molecule has 4 rings (SSSR count). The maximum Gasteiger partial charge on any atom is 0.290 e. The van der Waals surface area contributed by atoms with E-state index in [1.54, 1.807) is 11.3 Å². The molecule has 136 valence electrons. The molecule has 0 aliphatic carbocycles. The van der Waals surface area contributed by atoms with Gasteiger partial charge in [0.2, 0.25) is 0 Å². The number of rotatable bonds is 3. The van der Waals surface area contributed by atoms with Gasteiger partial charge in [0.15, 0.2) is 0 Å². The number of thiophene rings is 1. The Morgan fingerprint density at radius 3 is 2.81 bits per heavy atom. The highest BCUT2D eigenvalue weighted by Gasteiger charge is 2.34. The summed E-state index contributed by atoms with van der Waals surface area (Å²) in [4.78, 5) is 37.0. The third-order valence-corrected chi connectivity index (χ3v) is 6.34. The molecule has 1 unspecified atom stereocenters. The van der Waals surface area contributed by atoms with Crippen LogP contribution in [0.2, 0.25) is 0 Å². The second-order valence-electron chi connectivity index (χ2n) is 5.83. The highest BCUT2D eigenvalue weighted by Crippen LogP contribution is 2.36. The van der Waals surface area contributed by atoms with E-state index in [4.69, 9.17) is 0 Å². The number of nitrogens with zero attached hydrogens (tertiary/aromatic N) is 2. The van der Waals surface area contributed by atoms with Crippen LogP contribution in [0.5, 0.6) is 0 Å². The summed E-state index contributed by atoms with van der Waals surface area (Å²) < 4.78 is 0.930. The summed E-state index contributed by atoms with van der Waals surface area (Å²) in [6, 6.07) is 11.4. The molecule has 0 spiro atoms. The Morgan fingerprint density at radius 1 is 1.30 bits per heavy atom. The lowest BCUT2D eigenvalue weighted by molar-refractivity contribution is -0.128. The molecule has 1 aromatic carbocycles. The lowest BCUT2D eigenvalue weighted by atomic mass is 10.0. The molecule has 0 bridgehead atoms. The van der Waals surface area contributed by atoms with Crippen molar-refractivity contribution >= 4 is 61.8 Å². The van der Waals surface area contributed by atoms with Gasteiger partial charge in [-0.3, -0.25) is 19.7 Å². The van der Waals surface area contributed by atoms with E-state index in [1.807, 2.05) is 41.8 Å². The summed E-state index contributed by atoms with van der Waals surface area (Å²) in [5, 5.41) is 9.56. The largest absolute Gasteiger partial charge is 0.290 e. The van der Waals surface area contributed by atoms with Gasteiger partial charge in [0.1, 0.15) is 0 Å². The minimum atomic E-state index is -0.554. The standard InChI is InChI=1S/C18H12BrN3O3S2/c19-11-4-1-3-10(7-11)12-8-13(14-5-2-6-26-14)22(21-12)16(23)9-15-17(24)20-18(25)27-15/h1-7,9,13H,8H2,(H,20,24,25)/b15-9-. The van der Waals surface area contributed by atoms with Crippen LogP contribution in [0.1, 0.15) is 22.9 Å². The molecule has 3 heterocycles. The predicted octanol–water partition coefficient (Wildman–Crippen LogP) is 4.06. The summed E-state index contributed by atoms with van der Waals surface area (Å²) in [7, 11) is 0. The molecule has 3 amide bonds. The van der Waals surface area contributed by atoms with E-state index < -0.39 is 17.1 Å². The van der Waals surface area contributed by atoms with Crippen molar-refractivity contribution in [1.82, 2.24) is 10.3 Å². The minimum absolute atomic E-state index is 0.0843. The highest BCUT2D eigenvalue weighted by atomic mass is 79.9. The topological polar surface area (TPSA) is 78.8 Å². The molecule has 1 saturated heterocycles. The van der Waals surface area contributed by atoms with Crippen LogP contribution in [0.4, 0.5) is 4.79 Å². The van der Waals surface area contributed by atoms with Gasteiger partial charge in [-0.05, 0) is 40.9 Å². The van der Waals surface area contributed by atoms with Gasteiger partial charge in [0.25, 0.3) is 17.1 Å². The minimum Gasteiger partial charge on any atom is -0.282 e. The van der Waals surface area contributed by atoms with Crippen LogP contribution in [0.3, 0.4) is 0 Å². The summed E-state index contributed by atoms with van der Waals surface area (Å²) in [6.07, 6.45) is 1.75. The number of hydrazone groups is 1. The van der Waals surface area contributed by atoms with Gasteiger partial charge in [0, 0.05) is 21.8 Å². The zero-order valence-electron chi connectivity index (χ0n) is 13.7. The zero-order chi connectivity index (χ0) is 19.0. The first-order chi connectivity index (χ1) is 13.0.